The third-order valence-corrected chi connectivity index (χ3v) is 5.48. The molecule has 0 saturated carbocycles. The van der Waals surface area contributed by atoms with Crippen molar-refractivity contribution in [1.82, 2.24) is 5.32 Å². The Balaban J connectivity index is 0. The van der Waals surface area contributed by atoms with Gasteiger partial charge in [0, 0.05) is 40.5 Å². The van der Waals surface area contributed by atoms with Crippen molar-refractivity contribution in [3.05, 3.63) is 0 Å². The van der Waals surface area contributed by atoms with E-state index in [0.29, 0.717) is 6.54 Å². The van der Waals surface area contributed by atoms with Crippen molar-refractivity contribution in [2.75, 3.05) is 41.0 Å². The molecule has 0 aliphatic rings. The monoisotopic (exact) mass is 340 g/mol. The maximum atomic E-state index is 9.64. The van der Waals surface area contributed by atoms with Crippen LogP contribution < -0.4 is 11.1 Å². The van der Waals surface area contributed by atoms with Gasteiger partial charge >= 0.3 is 20.7 Å². The average Bonchev–Trinajstić information content (AvgIpc) is 2.50. The van der Waals surface area contributed by atoms with Gasteiger partial charge in [0.1, 0.15) is 0 Å². The smallest absolute Gasteiger partial charge is 0.481 e. The molecule has 0 unspecified atom stereocenters. The van der Waals surface area contributed by atoms with Crippen LogP contribution in [-0.4, -0.2) is 71.9 Å². The summed E-state index contributed by atoms with van der Waals surface area (Å²) in [6.45, 7) is 2.44. The second-order valence-corrected chi connectivity index (χ2v) is 7.32. The number of hydrogen-bond acceptors (Lipinski definition) is 7. The Hall–Kier alpha value is -1.04. The Morgan fingerprint density at radius 1 is 1.00 bits per heavy atom. The lowest BCUT2D eigenvalue weighted by molar-refractivity contribution is -0.143. The van der Waals surface area contributed by atoms with Crippen molar-refractivity contribution in [2.24, 2.45) is 5.73 Å². The minimum atomic E-state index is -2.35. The molecular formula is C12H28N2O7Si. The van der Waals surface area contributed by atoms with Crippen LogP contribution in [0.2, 0.25) is 6.04 Å². The van der Waals surface area contributed by atoms with Gasteiger partial charge in [-0.25, -0.2) is 0 Å². The first-order chi connectivity index (χ1) is 10.4. The average molecular weight is 340 g/mol. The molecule has 10 heteroatoms. The Labute approximate surface area is 132 Å². The summed E-state index contributed by atoms with van der Waals surface area (Å²) in [5.41, 5.74) is 5.35. The molecule has 0 rings (SSSR count). The van der Waals surface area contributed by atoms with E-state index in [1.165, 1.54) is 0 Å². The number of carboxylic acid groups (broad SMARTS) is 2. The summed E-state index contributed by atoms with van der Waals surface area (Å²) in [5, 5.41) is 19.0. The molecule has 0 atom stereocenters. The van der Waals surface area contributed by atoms with Gasteiger partial charge in [0.05, 0.1) is 12.8 Å². The standard InChI is InChI=1S/C8H22N2O3Si.C4H6O4/c1-11-14(12-2,13-3)8-4-6-10-7-5-9;5-3(6)1-2-4(7)8/h10H,4-9H2,1-3H3;1-2H2,(H,5,6)(H,7,8). The van der Waals surface area contributed by atoms with Crippen molar-refractivity contribution in [3.63, 3.8) is 0 Å². The van der Waals surface area contributed by atoms with Crippen LogP contribution >= 0.6 is 0 Å². The van der Waals surface area contributed by atoms with E-state index in [1.54, 1.807) is 21.3 Å². The highest BCUT2D eigenvalue weighted by Gasteiger charge is 2.36. The van der Waals surface area contributed by atoms with Crippen molar-refractivity contribution in [3.8, 4) is 0 Å². The molecule has 0 heterocycles. The van der Waals surface area contributed by atoms with Crippen LogP contribution in [0.25, 0.3) is 0 Å². The zero-order valence-corrected chi connectivity index (χ0v) is 14.5. The Morgan fingerprint density at radius 2 is 1.45 bits per heavy atom. The van der Waals surface area contributed by atoms with Crippen LogP contribution in [0.3, 0.4) is 0 Å². The summed E-state index contributed by atoms with van der Waals surface area (Å²) in [6.07, 6.45) is 0.381. The Kier molecular flexibility index (Phi) is 15.7. The van der Waals surface area contributed by atoms with Crippen LogP contribution in [0.15, 0.2) is 0 Å². The van der Waals surface area contributed by atoms with Gasteiger partial charge in [-0.05, 0) is 13.0 Å². The maximum absolute atomic E-state index is 9.64. The van der Waals surface area contributed by atoms with Gasteiger partial charge in [-0.2, -0.15) is 0 Å². The number of carboxylic acids is 2. The zero-order valence-electron chi connectivity index (χ0n) is 13.5. The van der Waals surface area contributed by atoms with Crippen LogP contribution in [-0.2, 0) is 22.9 Å². The summed E-state index contributed by atoms with van der Waals surface area (Å²) in [4.78, 5) is 19.3. The molecule has 0 bridgehead atoms. The van der Waals surface area contributed by atoms with Crippen LogP contribution in [0.4, 0.5) is 0 Å². The van der Waals surface area contributed by atoms with Crippen LogP contribution in [0.5, 0.6) is 0 Å². The molecule has 132 valence electrons. The van der Waals surface area contributed by atoms with Gasteiger partial charge in [-0.15, -0.1) is 0 Å². The second kappa shape index (κ2) is 14.9. The lowest BCUT2D eigenvalue weighted by Gasteiger charge is -2.24. The van der Waals surface area contributed by atoms with E-state index in [1.807, 2.05) is 0 Å². The molecule has 22 heavy (non-hydrogen) atoms. The zero-order chi connectivity index (χ0) is 17.4. The summed E-state index contributed by atoms with van der Waals surface area (Å²) in [6, 6.07) is 0.827. The lowest BCUT2D eigenvalue weighted by Crippen LogP contribution is -2.43. The summed E-state index contributed by atoms with van der Waals surface area (Å²) < 4.78 is 15.9. The quantitative estimate of drug-likeness (QED) is 0.279. The molecule has 0 aliphatic carbocycles. The third kappa shape index (κ3) is 13.9. The molecule has 0 amide bonds. The highest BCUT2D eigenvalue weighted by atomic mass is 28.4. The predicted octanol–water partition coefficient (Wildman–Crippen LogP) is -0.261. The Bertz CT molecular complexity index is 279. The van der Waals surface area contributed by atoms with E-state index in [0.717, 1.165) is 25.6 Å². The summed E-state index contributed by atoms with van der Waals surface area (Å²) in [5.74, 6) is -2.15. The topological polar surface area (TPSA) is 140 Å². The molecule has 0 aromatic carbocycles. The van der Waals surface area contributed by atoms with Crippen molar-refractivity contribution in [2.45, 2.75) is 25.3 Å². The minimum absolute atomic E-state index is 0.296. The predicted molar refractivity (Wildman–Crippen MR) is 82.6 cm³/mol. The SMILES string of the molecule is CO[Si](CCCNCCN)(OC)OC.O=C(O)CCC(=O)O. The molecule has 0 radical (unpaired) electrons. The molecule has 5 N–H and O–H groups in total. The fourth-order valence-electron chi connectivity index (χ4n) is 1.43. The van der Waals surface area contributed by atoms with E-state index < -0.39 is 20.7 Å². The molecule has 0 saturated heterocycles. The normalized spacial score (nSPS) is 10.7. The third-order valence-electron chi connectivity index (χ3n) is 2.64. The van der Waals surface area contributed by atoms with Crippen LogP contribution in [0, 0.1) is 0 Å². The molecular weight excluding hydrogens is 312 g/mol. The molecule has 0 fully saturated rings. The highest BCUT2D eigenvalue weighted by molar-refractivity contribution is 6.60. The first-order valence-electron chi connectivity index (χ1n) is 6.87. The van der Waals surface area contributed by atoms with Gasteiger partial charge in [-0.1, -0.05) is 0 Å². The molecule has 0 aromatic rings. The number of nitrogens with two attached hydrogens (primary N) is 1. The molecule has 0 aliphatic heterocycles. The van der Waals surface area contributed by atoms with E-state index in [-0.39, 0.29) is 12.8 Å². The van der Waals surface area contributed by atoms with Crippen LogP contribution in [0.1, 0.15) is 19.3 Å². The van der Waals surface area contributed by atoms with Crippen molar-refractivity contribution in [1.29, 1.82) is 0 Å². The molecule has 0 aromatic heterocycles. The van der Waals surface area contributed by atoms with Crippen molar-refractivity contribution < 1.29 is 33.1 Å². The van der Waals surface area contributed by atoms with Gasteiger partial charge in [0.25, 0.3) is 0 Å². The summed E-state index contributed by atoms with van der Waals surface area (Å²) >= 11 is 0. The highest BCUT2D eigenvalue weighted by Crippen LogP contribution is 2.14. The van der Waals surface area contributed by atoms with E-state index in [2.05, 4.69) is 5.32 Å². The first kappa shape index (κ1) is 23.2. The largest absolute Gasteiger partial charge is 0.500 e. The second-order valence-electron chi connectivity index (χ2n) is 4.23. The first-order valence-corrected chi connectivity index (χ1v) is 8.80. The van der Waals surface area contributed by atoms with Gasteiger partial charge < -0.3 is 34.5 Å². The van der Waals surface area contributed by atoms with Crippen molar-refractivity contribution >= 4 is 20.7 Å². The minimum Gasteiger partial charge on any atom is -0.481 e. The summed E-state index contributed by atoms with van der Waals surface area (Å²) in [7, 11) is 2.55. The molecule has 0 spiro atoms. The number of carbonyl (C=O) groups is 2. The fraction of sp³-hybridized carbons (Fsp3) is 0.833. The van der Waals surface area contributed by atoms with Gasteiger partial charge in [0.2, 0.25) is 0 Å². The maximum Gasteiger partial charge on any atom is 0.500 e. The molecule has 9 nitrogen and oxygen atoms in total. The van der Waals surface area contributed by atoms with Gasteiger partial charge in [-0.3, -0.25) is 9.59 Å². The van der Waals surface area contributed by atoms with E-state index >= 15 is 0 Å². The van der Waals surface area contributed by atoms with E-state index in [4.69, 9.17) is 29.2 Å². The Morgan fingerprint density at radius 3 is 1.77 bits per heavy atom. The lowest BCUT2D eigenvalue weighted by atomic mass is 10.3. The number of rotatable bonds is 12. The number of nitrogens with one attached hydrogen (secondary N) is 1. The number of aliphatic carboxylic acids is 2. The van der Waals surface area contributed by atoms with E-state index in [9.17, 15) is 9.59 Å². The number of hydrogen-bond donors (Lipinski definition) is 4. The fourth-order valence-corrected chi connectivity index (χ4v) is 3.15. The van der Waals surface area contributed by atoms with Gasteiger partial charge in [0.15, 0.2) is 0 Å².